The van der Waals surface area contributed by atoms with Gasteiger partial charge in [-0.15, -0.1) is 0 Å². The molecule has 1 heterocycles. The number of carboxylic acids is 1. The van der Waals surface area contributed by atoms with E-state index in [-0.39, 0.29) is 5.56 Å². The minimum atomic E-state index is -1.11. The molecule has 0 aliphatic carbocycles. The Morgan fingerprint density at radius 3 is 3.00 bits per heavy atom. The Kier molecular flexibility index (Phi) is 3.35. The molecule has 0 amide bonds. The maximum atomic E-state index is 11.1. The van der Waals surface area contributed by atoms with Crippen molar-refractivity contribution >= 4 is 5.97 Å². The SMILES string of the molecule is COCCn1cc(C(=O)O)cnc1=O. The number of aromatic nitrogens is 2. The Morgan fingerprint density at radius 1 is 1.71 bits per heavy atom. The van der Waals surface area contributed by atoms with Gasteiger partial charge in [0.05, 0.1) is 18.7 Å². The number of carbonyl (C=O) groups is 1. The lowest BCUT2D eigenvalue weighted by Gasteiger charge is -2.03. The van der Waals surface area contributed by atoms with Crippen molar-refractivity contribution in [2.75, 3.05) is 13.7 Å². The largest absolute Gasteiger partial charge is 0.478 e. The quantitative estimate of drug-likeness (QED) is 0.711. The minimum absolute atomic E-state index is 0.0132. The van der Waals surface area contributed by atoms with Gasteiger partial charge >= 0.3 is 11.7 Å². The molecule has 0 aromatic carbocycles. The summed E-state index contributed by atoms with van der Waals surface area (Å²) in [7, 11) is 1.50. The van der Waals surface area contributed by atoms with Gasteiger partial charge in [0.15, 0.2) is 0 Å². The molecule has 76 valence electrons. The first kappa shape index (κ1) is 10.4. The summed E-state index contributed by atoms with van der Waals surface area (Å²) in [6.45, 7) is 0.633. The summed E-state index contributed by atoms with van der Waals surface area (Å²) in [5.41, 5.74) is -0.493. The topological polar surface area (TPSA) is 81.4 Å². The van der Waals surface area contributed by atoms with E-state index in [1.807, 2.05) is 0 Å². The third-order valence-corrected chi connectivity index (χ3v) is 1.64. The van der Waals surface area contributed by atoms with Crippen molar-refractivity contribution in [3.8, 4) is 0 Å². The first-order chi connectivity index (χ1) is 6.65. The van der Waals surface area contributed by atoms with E-state index in [1.165, 1.54) is 17.9 Å². The number of aromatic carboxylic acids is 1. The van der Waals surface area contributed by atoms with E-state index in [1.54, 1.807) is 0 Å². The zero-order valence-corrected chi connectivity index (χ0v) is 7.64. The standard InChI is InChI=1S/C8H10N2O4/c1-14-3-2-10-5-6(7(11)12)4-9-8(10)13/h4-5H,2-3H2,1H3,(H,11,12). The molecule has 0 bridgehead atoms. The van der Waals surface area contributed by atoms with Crippen LogP contribution in [0.15, 0.2) is 17.2 Å². The Morgan fingerprint density at radius 2 is 2.43 bits per heavy atom. The number of carboxylic acid groups (broad SMARTS) is 1. The maximum absolute atomic E-state index is 11.1. The molecule has 0 aliphatic rings. The van der Waals surface area contributed by atoms with Crippen LogP contribution in [-0.2, 0) is 11.3 Å². The normalized spacial score (nSPS) is 10.1. The average Bonchev–Trinajstić information content (AvgIpc) is 2.16. The summed E-state index contributed by atoms with van der Waals surface area (Å²) < 4.78 is 5.97. The molecule has 0 unspecified atom stereocenters. The second-order valence-corrected chi connectivity index (χ2v) is 2.62. The molecule has 1 aromatic heterocycles. The monoisotopic (exact) mass is 198 g/mol. The molecule has 0 saturated heterocycles. The van der Waals surface area contributed by atoms with Gasteiger partial charge in [-0.2, -0.15) is 0 Å². The Bertz CT molecular complexity index is 385. The molecule has 1 N–H and O–H groups in total. The smallest absolute Gasteiger partial charge is 0.347 e. The third-order valence-electron chi connectivity index (χ3n) is 1.64. The van der Waals surface area contributed by atoms with Gasteiger partial charge in [-0.1, -0.05) is 0 Å². The van der Waals surface area contributed by atoms with E-state index < -0.39 is 11.7 Å². The highest BCUT2D eigenvalue weighted by molar-refractivity contribution is 5.86. The molecule has 0 aliphatic heterocycles. The van der Waals surface area contributed by atoms with Gasteiger partial charge < -0.3 is 9.84 Å². The molecule has 0 spiro atoms. The lowest BCUT2D eigenvalue weighted by Crippen LogP contribution is -2.25. The molecule has 6 nitrogen and oxygen atoms in total. The lowest BCUT2D eigenvalue weighted by atomic mass is 10.3. The van der Waals surface area contributed by atoms with Crippen LogP contribution in [0.5, 0.6) is 0 Å². The molecule has 0 fully saturated rings. The van der Waals surface area contributed by atoms with E-state index >= 15 is 0 Å². The summed E-state index contributed by atoms with van der Waals surface area (Å²) in [5.74, 6) is -1.11. The van der Waals surface area contributed by atoms with Crippen LogP contribution in [0.25, 0.3) is 0 Å². The predicted molar refractivity (Wildman–Crippen MR) is 47.3 cm³/mol. The Balaban J connectivity index is 2.96. The van der Waals surface area contributed by atoms with Crippen molar-refractivity contribution in [2.24, 2.45) is 0 Å². The van der Waals surface area contributed by atoms with E-state index in [0.717, 1.165) is 6.20 Å². The molecule has 1 aromatic rings. The number of hydrogen-bond donors (Lipinski definition) is 1. The summed E-state index contributed by atoms with van der Waals surface area (Å²) >= 11 is 0. The van der Waals surface area contributed by atoms with Gasteiger partial charge in [0, 0.05) is 19.5 Å². The van der Waals surface area contributed by atoms with E-state index in [0.29, 0.717) is 13.2 Å². The van der Waals surface area contributed by atoms with Gasteiger partial charge in [0.25, 0.3) is 0 Å². The Hall–Kier alpha value is -1.69. The van der Waals surface area contributed by atoms with E-state index in [2.05, 4.69) is 4.98 Å². The maximum Gasteiger partial charge on any atom is 0.347 e. The van der Waals surface area contributed by atoms with Gasteiger partial charge in [0.1, 0.15) is 0 Å². The first-order valence-corrected chi connectivity index (χ1v) is 3.94. The van der Waals surface area contributed by atoms with Crippen molar-refractivity contribution < 1.29 is 14.6 Å². The van der Waals surface area contributed by atoms with Gasteiger partial charge in [-0.05, 0) is 0 Å². The fourth-order valence-corrected chi connectivity index (χ4v) is 0.916. The number of hydrogen-bond acceptors (Lipinski definition) is 4. The molecule has 6 heteroatoms. The van der Waals surface area contributed by atoms with Gasteiger partial charge in [-0.25, -0.2) is 14.6 Å². The van der Waals surface area contributed by atoms with Crippen LogP contribution in [0.3, 0.4) is 0 Å². The molecule has 0 radical (unpaired) electrons. The minimum Gasteiger partial charge on any atom is -0.478 e. The lowest BCUT2D eigenvalue weighted by molar-refractivity contribution is 0.0695. The second-order valence-electron chi connectivity index (χ2n) is 2.62. The van der Waals surface area contributed by atoms with Crippen LogP contribution in [0.4, 0.5) is 0 Å². The van der Waals surface area contributed by atoms with Crippen LogP contribution in [0.2, 0.25) is 0 Å². The number of ether oxygens (including phenoxy) is 1. The first-order valence-electron chi connectivity index (χ1n) is 3.94. The molecular formula is C8H10N2O4. The van der Waals surface area contributed by atoms with Crippen molar-refractivity contribution in [1.29, 1.82) is 0 Å². The summed E-state index contributed by atoms with van der Waals surface area (Å²) in [4.78, 5) is 25.1. The second kappa shape index (κ2) is 4.52. The van der Waals surface area contributed by atoms with Crippen molar-refractivity contribution in [3.05, 3.63) is 28.4 Å². The molecule has 1 rings (SSSR count). The predicted octanol–water partition coefficient (Wildman–Crippen LogP) is -0.412. The number of nitrogens with zero attached hydrogens (tertiary/aromatic N) is 2. The van der Waals surface area contributed by atoms with Crippen molar-refractivity contribution in [3.63, 3.8) is 0 Å². The van der Waals surface area contributed by atoms with Crippen LogP contribution in [0, 0.1) is 0 Å². The fourth-order valence-electron chi connectivity index (χ4n) is 0.916. The number of methoxy groups -OCH3 is 1. The molecule has 0 atom stereocenters. The fraction of sp³-hybridized carbons (Fsp3) is 0.375. The van der Waals surface area contributed by atoms with Gasteiger partial charge in [-0.3, -0.25) is 4.57 Å². The van der Waals surface area contributed by atoms with Crippen molar-refractivity contribution in [1.82, 2.24) is 9.55 Å². The highest BCUT2D eigenvalue weighted by Crippen LogP contribution is 1.93. The summed E-state index contributed by atoms with van der Waals surface area (Å²) in [6.07, 6.45) is 2.28. The molecule has 0 saturated carbocycles. The van der Waals surface area contributed by atoms with Crippen LogP contribution >= 0.6 is 0 Å². The molecular weight excluding hydrogens is 188 g/mol. The zero-order chi connectivity index (χ0) is 10.6. The van der Waals surface area contributed by atoms with Crippen LogP contribution in [0.1, 0.15) is 10.4 Å². The van der Waals surface area contributed by atoms with Crippen LogP contribution < -0.4 is 5.69 Å². The van der Waals surface area contributed by atoms with Gasteiger partial charge in [0.2, 0.25) is 0 Å². The highest BCUT2D eigenvalue weighted by atomic mass is 16.5. The Labute approximate surface area is 79.8 Å². The summed E-state index contributed by atoms with van der Waals surface area (Å²) in [5, 5.41) is 8.64. The number of rotatable bonds is 4. The third kappa shape index (κ3) is 2.40. The molecule has 14 heavy (non-hydrogen) atoms. The van der Waals surface area contributed by atoms with E-state index in [9.17, 15) is 9.59 Å². The van der Waals surface area contributed by atoms with Crippen molar-refractivity contribution in [2.45, 2.75) is 6.54 Å². The zero-order valence-electron chi connectivity index (χ0n) is 7.64. The average molecular weight is 198 g/mol. The summed E-state index contributed by atoms with van der Waals surface area (Å²) in [6, 6.07) is 0. The van der Waals surface area contributed by atoms with Crippen LogP contribution in [-0.4, -0.2) is 34.3 Å². The van der Waals surface area contributed by atoms with E-state index in [4.69, 9.17) is 9.84 Å². The highest BCUT2D eigenvalue weighted by Gasteiger charge is 2.05.